The number of hydrogen-bond acceptors (Lipinski definition) is 9. The molecule has 0 N–H and O–H groups in total. The van der Waals surface area contributed by atoms with Crippen LogP contribution in [0.25, 0.3) is 0 Å². The van der Waals surface area contributed by atoms with Crippen LogP contribution in [-0.2, 0) is 44.4 Å². The van der Waals surface area contributed by atoms with Gasteiger partial charge in [-0.1, -0.05) is 39.8 Å². The zero-order valence-electron chi connectivity index (χ0n) is 43.1. The van der Waals surface area contributed by atoms with Gasteiger partial charge in [0.1, 0.15) is 36.3 Å². The van der Waals surface area contributed by atoms with Crippen molar-refractivity contribution in [2.24, 2.45) is 0 Å². The molecular formula is C46H50F26O9Si. The molecular weight excluding hydrogens is 1220 g/mol. The maximum absolute atomic E-state index is 15.4. The molecule has 0 spiro atoms. The minimum absolute atomic E-state index is 0.188. The molecule has 82 heavy (non-hydrogen) atoms. The third kappa shape index (κ3) is 15.0. The number of rotatable bonds is 23. The molecule has 0 amide bonds. The first-order chi connectivity index (χ1) is 36.6. The molecule has 1 heterocycles. The van der Waals surface area contributed by atoms with E-state index in [0.717, 1.165) is 59.8 Å². The summed E-state index contributed by atoms with van der Waals surface area (Å²) in [4.78, 5) is 39.0. The number of hydrogen-bond donors (Lipinski definition) is 0. The van der Waals surface area contributed by atoms with E-state index in [1.807, 2.05) is 0 Å². The number of cyclic esters (lactones) is 3. The number of halogens is 26. The van der Waals surface area contributed by atoms with Crippen molar-refractivity contribution >= 4 is 26.2 Å². The van der Waals surface area contributed by atoms with E-state index in [9.17, 15) is 111 Å². The molecule has 0 radical (unpaired) electrons. The van der Waals surface area contributed by atoms with E-state index in [0.29, 0.717) is 18.2 Å². The average molecular weight is 1270 g/mol. The monoisotopic (exact) mass is 1270 g/mol. The van der Waals surface area contributed by atoms with Crippen LogP contribution in [0.3, 0.4) is 0 Å². The maximum Gasteiger partial charge on any atom is 0.460 e. The molecule has 36 heteroatoms. The lowest BCUT2D eigenvalue weighted by atomic mass is 9.88. The van der Waals surface area contributed by atoms with Gasteiger partial charge in [0.25, 0.3) is 0 Å². The third-order valence-corrected chi connectivity index (χ3v) is 18.2. The Labute approximate surface area is 449 Å². The Kier molecular flexibility index (Phi) is 22.7. The molecule has 0 saturated heterocycles. The number of carbonyl (C=O) groups excluding carboxylic acids is 3. The lowest BCUT2D eigenvalue weighted by molar-refractivity contribution is -0.461. The van der Waals surface area contributed by atoms with Crippen LogP contribution in [0.5, 0.6) is 5.75 Å². The number of carbonyl (C=O) groups is 3. The molecule has 1 aromatic carbocycles. The van der Waals surface area contributed by atoms with E-state index in [4.69, 9.17) is 28.1 Å². The largest absolute Gasteiger partial charge is 0.494 e. The molecule has 1 aliphatic heterocycles. The molecule has 0 aromatic heterocycles. The van der Waals surface area contributed by atoms with Crippen LogP contribution in [0.15, 0.2) is 48.6 Å². The SMILES string of the molecule is CC(C)[Si](CCC(F)(F)C(F)(F)C(F)(F)C(F)(F)C(F)(F)C(F)(F)C(F)(F)C(F)(F)F)(O[C@@H]1C=CC(=O)O[C@@H](C)CC(=O)O[C@@H](C)[C@@H](OCc2ccc(OCCCC(F)(F)C(F)(F)C(F)(F)C(F)(F)F)cc2)C=CC(=O)O[C@H]1C)C(C)C. The molecule has 5 atom stereocenters. The zero-order valence-corrected chi connectivity index (χ0v) is 44.1. The second-order valence-corrected chi connectivity index (χ2v) is 24.2. The van der Waals surface area contributed by atoms with Crippen molar-refractivity contribution in [3.8, 4) is 5.75 Å². The fourth-order valence-corrected chi connectivity index (χ4v) is 12.2. The van der Waals surface area contributed by atoms with Crippen LogP contribution in [0.1, 0.15) is 79.7 Å². The summed E-state index contributed by atoms with van der Waals surface area (Å²) in [7, 11) is -4.62. The van der Waals surface area contributed by atoms with Gasteiger partial charge >= 0.3 is 89.5 Å². The number of benzene rings is 1. The van der Waals surface area contributed by atoms with Gasteiger partial charge in [-0.05, 0) is 74.2 Å². The van der Waals surface area contributed by atoms with Crippen molar-refractivity contribution in [3.05, 3.63) is 54.1 Å². The lowest BCUT2D eigenvalue weighted by Crippen LogP contribution is -2.74. The van der Waals surface area contributed by atoms with Gasteiger partial charge in [0.05, 0.1) is 19.6 Å². The Bertz CT molecular complexity index is 2360. The van der Waals surface area contributed by atoms with Crippen molar-refractivity contribution in [1.82, 2.24) is 0 Å². The first-order valence-corrected chi connectivity index (χ1v) is 25.8. The highest BCUT2D eigenvalue weighted by molar-refractivity contribution is 6.76. The van der Waals surface area contributed by atoms with E-state index in [1.165, 1.54) is 19.1 Å². The lowest BCUT2D eigenvalue weighted by Gasteiger charge is -2.45. The summed E-state index contributed by atoms with van der Waals surface area (Å²) in [6.07, 6.45) is -26.9. The first-order valence-electron chi connectivity index (χ1n) is 23.5. The Morgan fingerprint density at radius 2 is 0.902 bits per heavy atom. The summed E-state index contributed by atoms with van der Waals surface area (Å²) in [6, 6.07) is 3.02. The van der Waals surface area contributed by atoms with Crippen LogP contribution in [0.2, 0.25) is 17.1 Å². The van der Waals surface area contributed by atoms with Crippen molar-refractivity contribution in [3.63, 3.8) is 0 Å². The zero-order chi connectivity index (χ0) is 64.3. The fraction of sp³-hybridized carbons (Fsp3) is 0.717. The Balaban J connectivity index is 2.46. The molecule has 1 aromatic rings. The summed E-state index contributed by atoms with van der Waals surface area (Å²) >= 11 is 0. The number of alkyl halides is 26. The minimum Gasteiger partial charge on any atom is -0.494 e. The maximum atomic E-state index is 15.4. The molecule has 0 saturated carbocycles. The summed E-state index contributed by atoms with van der Waals surface area (Å²) in [5, 5.41) is 0. The molecule has 1 aliphatic rings. The normalized spacial score (nSPS) is 21.2. The topological polar surface area (TPSA) is 107 Å². The van der Waals surface area contributed by atoms with Crippen LogP contribution in [-0.4, -0.2) is 135 Å². The molecule has 0 fully saturated rings. The highest BCUT2D eigenvalue weighted by Crippen LogP contribution is 2.65. The summed E-state index contributed by atoms with van der Waals surface area (Å²) in [6.45, 7) is 6.48. The summed E-state index contributed by atoms with van der Waals surface area (Å²) in [5.74, 6) is -81.8. The van der Waals surface area contributed by atoms with Crippen LogP contribution < -0.4 is 4.74 Å². The fourth-order valence-electron chi connectivity index (χ4n) is 7.57. The van der Waals surface area contributed by atoms with Crippen LogP contribution in [0, 0.1) is 0 Å². The van der Waals surface area contributed by atoms with Crippen LogP contribution in [0.4, 0.5) is 114 Å². The van der Waals surface area contributed by atoms with Crippen molar-refractivity contribution in [2.45, 2.75) is 200 Å². The predicted molar refractivity (Wildman–Crippen MR) is 231 cm³/mol. The van der Waals surface area contributed by atoms with Gasteiger partial charge in [0, 0.05) is 25.0 Å². The Hall–Kier alpha value is -4.77. The van der Waals surface area contributed by atoms with Gasteiger partial charge in [-0.15, -0.1) is 0 Å². The molecule has 9 nitrogen and oxygen atoms in total. The minimum atomic E-state index is -8.84. The first kappa shape index (κ1) is 73.3. The second kappa shape index (κ2) is 25.4. The van der Waals surface area contributed by atoms with E-state index in [2.05, 4.69) is 0 Å². The Morgan fingerprint density at radius 1 is 0.512 bits per heavy atom. The quantitative estimate of drug-likeness (QED) is 0.0348. The molecule has 0 bridgehead atoms. The smallest absolute Gasteiger partial charge is 0.460 e. The average Bonchev–Trinajstić information content (AvgIpc) is 3.33. The third-order valence-electron chi connectivity index (χ3n) is 12.6. The van der Waals surface area contributed by atoms with Gasteiger partial charge in [-0.3, -0.25) is 4.79 Å². The van der Waals surface area contributed by atoms with Gasteiger partial charge in [-0.25, -0.2) is 9.59 Å². The molecule has 0 aliphatic carbocycles. The second-order valence-electron chi connectivity index (χ2n) is 19.2. The van der Waals surface area contributed by atoms with Gasteiger partial charge in [-0.2, -0.15) is 114 Å². The van der Waals surface area contributed by atoms with E-state index in [1.54, 1.807) is 0 Å². The molecule has 2 rings (SSSR count). The van der Waals surface area contributed by atoms with Gasteiger partial charge in [0.15, 0.2) is 8.32 Å². The van der Waals surface area contributed by atoms with Gasteiger partial charge < -0.3 is 28.1 Å². The standard InChI is InChI=1S/C46H50F26O9Si/c1-23(2)82(24(3)4,20-18-36(49,50)37(51,52)39(55,56)40(57,58)41(59,60)42(61,62)44(65,66)46(70,71)72)81-31-14-16-32(73)78-25(5)21-34(75)80-26(6)30(13-15-33(74)79-27(31)7)77-22-28-9-11-29(12-10-28)76-19-8-17-35(47,48)38(53,54)43(63,64)45(67,68)69/h9-16,23-27,30-31H,8,17-22H2,1-7H3/t25-,26-,27-,30-,31+/m0/s1. The number of ether oxygens (including phenoxy) is 5. The number of esters is 3. The summed E-state index contributed by atoms with van der Waals surface area (Å²) in [5.41, 5.74) is -2.28. The van der Waals surface area contributed by atoms with Crippen molar-refractivity contribution in [2.75, 3.05) is 6.61 Å². The van der Waals surface area contributed by atoms with Gasteiger partial charge in [0.2, 0.25) is 0 Å². The van der Waals surface area contributed by atoms with E-state index < -0.39 is 184 Å². The molecule has 0 unspecified atom stereocenters. The Morgan fingerprint density at radius 3 is 1.37 bits per heavy atom. The van der Waals surface area contributed by atoms with E-state index >= 15 is 17.6 Å². The van der Waals surface area contributed by atoms with Crippen LogP contribution >= 0.6 is 0 Å². The summed E-state index contributed by atoms with van der Waals surface area (Å²) < 4.78 is 391. The predicted octanol–water partition coefficient (Wildman–Crippen LogP) is 15.1. The molecule has 474 valence electrons. The van der Waals surface area contributed by atoms with E-state index in [-0.39, 0.29) is 11.3 Å². The highest BCUT2D eigenvalue weighted by atomic mass is 28.4. The van der Waals surface area contributed by atoms with Crippen molar-refractivity contribution in [1.29, 1.82) is 0 Å². The van der Waals surface area contributed by atoms with Crippen molar-refractivity contribution < 1.29 is 157 Å². The highest BCUT2D eigenvalue weighted by Gasteiger charge is 2.95.